The molecule has 40 heavy (non-hydrogen) atoms. The zero-order valence-electron chi connectivity index (χ0n) is 23.6. The van der Waals surface area contributed by atoms with Crippen LogP contribution < -0.4 is 20.9 Å². The second kappa shape index (κ2) is 12.5. The number of hydrogen-bond acceptors (Lipinski definition) is 10. The first-order valence-electron chi connectivity index (χ1n) is 15.1. The molecule has 10 nitrogen and oxygen atoms in total. The second-order valence-electron chi connectivity index (χ2n) is 12.4. The minimum atomic E-state index is 0.0627. The SMILES string of the molecule is C1CN(C2CC2)CCN1.CC1CC2=CCCC(CC(=O)Nc3nnc(NC4CCN(c5cccnn5)C4)s3)(C2)C1. The third-order valence-electron chi connectivity index (χ3n) is 8.92. The number of piperazine rings is 1. The summed E-state index contributed by atoms with van der Waals surface area (Å²) in [5.41, 5.74) is 1.68. The average molecular weight is 566 g/mol. The van der Waals surface area contributed by atoms with Gasteiger partial charge in [-0.25, -0.2) is 0 Å². The molecule has 3 N–H and O–H groups in total. The molecule has 2 saturated heterocycles. The monoisotopic (exact) mass is 565 g/mol. The molecule has 3 atom stereocenters. The standard InChI is InChI=1S/C22H29N7OS.C7H14N2/c1-15-10-16-4-2-7-22(11-15,12-16)13-19(30)25-21-28-27-20(31-21)24-17-6-9-29(14-17)18-5-3-8-23-26-18;1-2-7(1)9-5-3-8-4-6-9/h3-5,8,15,17H,2,6-7,9-14H2,1H3,(H,24,27)(H,25,28,30);7-8H,1-6H2. The Morgan fingerprint density at radius 1 is 1.15 bits per heavy atom. The van der Waals surface area contributed by atoms with Gasteiger partial charge in [0, 0.05) is 64.0 Å². The molecule has 0 spiro atoms. The van der Waals surface area contributed by atoms with Crippen LogP contribution in [0, 0.1) is 11.3 Å². The lowest BCUT2D eigenvalue weighted by atomic mass is 9.61. The van der Waals surface area contributed by atoms with E-state index in [9.17, 15) is 4.79 Å². The van der Waals surface area contributed by atoms with Gasteiger partial charge in [-0.3, -0.25) is 9.69 Å². The summed E-state index contributed by atoms with van der Waals surface area (Å²) in [7, 11) is 0. The first-order valence-corrected chi connectivity index (χ1v) is 15.9. The van der Waals surface area contributed by atoms with Crippen LogP contribution in [0.1, 0.15) is 64.7 Å². The number of nitrogens with one attached hydrogen (secondary N) is 3. The first-order chi connectivity index (χ1) is 19.5. The zero-order chi connectivity index (χ0) is 27.4. The van der Waals surface area contributed by atoms with E-state index in [1.807, 2.05) is 12.1 Å². The van der Waals surface area contributed by atoms with E-state index < -0.39 is 0 Å². The van der Waals surface area contributed by atoms with Gasteiger partial charge in [-0.2, -0.15) is 5.10 Å². The fourth-order valence-electron chi connectivity index (χ4n) is 7.08. The van der Waals surface area contributed by atoms with Gasteiger partial charge in [-0.1, -0.05) is 29.9 Å². The van der Waals surface area contributed by atoms with Gasteiger partial charge < -0.3 is 20.9 Å². The molecule has 2 bridgehead atoms. The van der Waals surface area contributed by atoms with E-state index >= 15 is 0 Å². The molecule has 4 fully saturated rings. The van der Waals surface area contributed by atoms with E-state index in [0.717, 1.165) is 62.2 Å². The first kappa shape index (κ1) is 27.5. The number of hydrogen-bond donors (Lipinski definition) is 3. The van der Waals surface area contributed by atoms with E-state index in [2.05, 4.69) is 59.1 Å². The summed E-state index contributed by atoms with van der Waals surface area (Å²) >= 11 is 1.41. The normalized spacial score (nSPS) is 28.3. The van der Waals surface area contributed by atoms with Crippen molar-refractivity contribution in [1.29, 1.82) is 0 Å². The van der Waals surface area contributed by atoms with Crippen molar-refractivity contribution in [2.45, 2.75) is 76.8 Å². The molecular weight excluding hydrogens is 522 g/mol. The van der Waals surface area contributed by atoms with Crippen LogP contribution in [0.25, 0.3) is 0 Å². The lowest BCUT2D eigenvalue weighted by Crippen LogP contribution is -2.44. The van der Waals surface area contributed by atoms with Gasteiger partial charge in [0.1, 0.15) is 0 Å². The highest BCUT2D eigenvalue weighted by Crippen LogP contribution is 2.50. The highest BCUT2D eigenvalue weighted by molar-refractivity contribution is 7.19. The van der Waals surface area contributed by atoms with Crippen molar-refractivity contribution >= 4 is 33.3 Å². The number of aromatic nitrogens is 4. The molecule has 4 heterocycles. The van der Waals surface area contributed by atoms with Gasteiger partial charge in [0.2, 0.25) is 16.2 Å². The molecule has 3 unspecified atom stereocenters. The Morgan fingerprint density at radius 3 is 2.80 bits per heavy atom. The van der Waals surface area contributed by atoms with Crippen LogP contribution in [0.3, 0.4) is 0 Å². The number of carbonyl (C=O) groups is 1. The summed E-state index contributed by atoms with van der Waals surface area (Å²) in [4.78, 5) is 17.6. The highest BCUT2D eigenvalue weighted by atomic mass is 32.1. The number of nitrogens with zero attached hydrogens (tertiary/aromatic N) is 6. The molecule has 2 saturated carbocycles. The van der Waals surface area contributed by atoms with Crippen molar-refractivity contribution in [2.24, 2.45) is 11.3 Å². The van der Waals surface area contributed by atoms with Crippen LogP contribution in [0.15, 0.2) is 30.0 Å². The summed E-state index contributed by atoms with van der Waals surface area (Å²) in [6.07, 6.45) is 14.2. The number of amides is 1. The second-order valence-corrected chi connectivity index (χ2v) is 13.4. The van der Waals surface area contributed by atoms with Crippen molar-refractivity contribution in [1.82, 2.24) is 30.6 Å². The fourth-order valence-corrected chi connectivity index (χ4v) is 7.82. The van der Waals surface area contributed by atoms with Crippen molar-refractivity contribution in [3.63, 3.8) is 0 Å². The van der Waals surface area contributed by atoms with Gasteiger partial charge >= 0.3 is 0 Å². The third kappa shape index (κ3) is 7.16. The number of anilines is 3. The zero-order valence-corrected chi connectivity index (χ0v) is 24.5. The highest BCUT2D eigenvalue weighted by Gasteiger charge is 2.40. The van der Waals surface area contributed by atoms with Gasteiger partial charge in [0.25, 0.3) is 0 Å². The fraction of sp³-hybridized carbons (Fsp3) is 0.690. The maximum Gasteiger partial charge on any atom is 0.226 e. The van der Waals surface area contributed by atoms with Crippen molar-refractivity contribution in [3.05, 3.63) is 30.0 Å². The summed E-state index contributed by atoms with van der Waals surface area (Å²) in [5, 5.41) is 27.7. The number of rotatable bonds is 7. The Kier molecular flexibility index (Phi) is 8.59. The minimum Gasteiger partial charge on any atom is -0.355 e. The van der Waals surface area contributed by atoms with Crippen molar-refractivity contribution in [3.8, 4) is 0 Å². The third-order valence-corrected chi connectivity index (χ3v) is 9.69. The van der Waals surface area contributed by atoms with E-state index in [4.69, 9.17) is 0 Å². The van der Waals surface area contributed by atoms with Crippen LogP contribution in [0.2, 0.25) is 0 Å². The molecule has 2 aliphatic heterocycles. The van der Waals surface area contributed by atoms with Crippen LogP contribution >= 0.6 is 11.3 Å². The van der Waals surface area contributed by atoms with Gasteiger partial charge in [0.05, 0.1) is 0 Å². The Hall–Kier alpha value is -2.63. The topological polar surface area (TPSA) is 111 Å². The maximum atomic E-state index is 12.8. The molecule has 3 aliphatic carbocycles. The summed E-state index contributed by atoms with van der Waals surface area (Å²) in [6.45, 7) is 9.05. The largest absolute Gasteiger partial charge is 0.355 e. The Morgan fingerprint density at radius 2 is 2.00 bits per heavy atom. The van der Waals surface area contributed by atoms with E-state index in [-0.39, 0.29) is 17.4 Å². The van der Waals surface area contributed by atoms with Crippen LogP contribution in [0.5, 0.6) is 0 Å². The molecule has 7 rings (SSSR count). The van der Waals surface area contributed by atoms with E-state index in [1.54, 1.807) is 11.8 Å². The quantitative estimate of drug-likeness (QED) is 0.430. The van der Waals surface area contributed by atoms with Crippen LogP contribution in [-0.4, -0.2) is 82.6 Å². The predicted octanol–water partition coefficient (Wildman–Crippen LogP) is 3.93. The Labute approximate surface area is 241 Å². The van der Waals surface area contributed by atoms with Gasteiger partial charge in [-0.15, -0.1) is 15.3 Å². The van der Waals surface area contributed by atoms with E-state index in [0.29, 0.717) is 17.5 Å². The summed E-state index contributed by atoms with van der Waals surface area (Å²) < 4.78 is 0. The number of fused-ring (bicyclic) bond motifs is 2. The predicted molar refractivity (Wildman–Crippen MR) is 160 cm³/mol. The molecule has 2 aromatic rings. The molecule has 5 aliphatic rings. The lowest BCUT2D eigenvalue weighted by Gasteiger charge is -2.43. The minimum absolute atomic E-state index is 0.0627. The molecule has 11 heteroatoms. The van der Waals surface area contributed by atoms with Crippen LogP contribution in [-0.2, 0) is 4.79 Å². The van der Waals surface area contributed by atoms with Crippen molar-refractivity contribution < 1.29 is 4.79 Å². The Balaban J connectivity index is 0.000000271. The molecule has 0 aromatic carbocycles. The Bertz CT molecular complexity index is 1160. The molecule has 1 amide bonds. The van der Waals surface area contributed by atoms with Gasteiger partial charge in [-0.05, 0) is 74.8 Å². The lowest BCUT2D eigenvalue weighted by molar-refractivity contribution is -0.119. The molecule has 2 aromatic heterocycles. The summed E-state index contributed by atoms with van der Waals surface area (Å²) in [6, 6.07) is 5.13. The van der Waals surface area contributed by atoms with Crippen LogP contribution in [0.4, 0.5) is 16.1 Å². The van der Waals surface area contributed by atoms with E-state index in [1.165, 1.54) is 56.8 Å². The average Bonchev–Trinajstić information content (AvgIpc) is 3.55. The molecule has 216 valence electrons. The molecule has 0 radical (unpaired) electrons. The summed E-state index contributed by atoms with van der Waals surface area (Å²) in [5.74, 6) is 1.63. The number of allylic oxidation sites excluding steroid dienone is 2. The maximum absolute atomic E-state index is 12.8. The molecular formula is C29H43N9OS. The number of carbonyl (C=O) groups excluding carboxylic acids is 1. The van der Waals surface area contributed by atoms with Gasteiger partial charge in [0.15, 0.2) is 5.82 Å². The van der Waals surface area contributed by atoms with Crippen molar-refractivity contribution in [2.75, 3.05) is 54.8 Å². The smallest absolute Gasteiger partial charge is 0.226 e.